The number of hydrogen-bond donors (Lipinski definition) is 1. The van der Waals surface area contributed by atoms with Crippen molar-refractivity contribution in [1.29, 1.82) is 0 Å². The van der Waals surface area contributed by atoms with Gasteiger partial charge in [0, 0.05) is 0 Å². The molecule has 1 saturated heterocycles. The summed E-state index contributed by atoms with van der Waals surface area (Å²) in [6.45, 7) is 0. The summed E-state index contributed by atoms with van der Waals surface area (Å²) in [5.74, 6) is -0.903. The van der Waals surface area contributed by atoms with E-state index >= 15 is 0 Å². The highest BCUT2D eigenvalue weighted by atomic mass is 32.3. The number of halogens is 1. The minimum absolute atomic E-state index is 0.0753. The first kappa shape index (κ1) is 15.9. The van der Waals surface area contributed by atoms with E-state index in [1.54, 1.807) is 0 Å². The Hall–Kier alpha value is -1.48. The van der Waals surface area contributed by atoms with Crippen molar-refractivity contribution in [3.05, 3.63) is 24.3 Å². The molecule has 1 aliphatic heterocycles. The Balaban J connectivity index is 2.29. The molecule has 1 fully saturated rings. The van der Waals surface area contributed by atoms with Gasteiger partial charge in [-0.25, -0.2) is 8.42 Å². The molecule has 1 aliphatic rings. The summed E-state index contributed by atoms with van der Waals surface area (Å²) in [7, 11) is -8.55. The van der Waals surface area contributed by atoms with Gasteiger partial charge in [0.15, 0.2) is 9.84 Å². The van der Waals surface area contributed by atoms with Crippen LogP contribution in [0.5, 0.6) is 0 Å². The van der Waals surface area contributed by atoms with Crippen LogP contribution in [0.2, 0.25) is 0 Å². The molecule has 21 heavy (non-hydrogen) atoms. The SMILES string of the molecule is O=C(Nc1ccccc1S(=O)(=O)F)C1CCCCS1(=O)=O. The van der Waals surface area contributed by atoms with Gasteiger partial charge in [-0.1, -0.05) is 18.6 Å². The number of hydrogen-bond acceptors (Lipinski definition) is 5. The number of carbonyl (C=O) groups is 1. The fourth-order valence-electron chi connectivity index (χ4n) is 2.24. The summed E-state index contributed by atoms with van der Waals surface area (Å²) in [5.41, 5.74) is -0.259. The predicted molar refractivity (Wildman–Crippen MR) is 74.8 cm³/mol. The van der Waals surface area contributed by atoms with E-state index < -0.39 is 36.1 Å². The maximum atomic E-state index is 13.1. The first-order chi connectivity index (χ1) is 9.72. The summed E-state index contributed by atoms with van der Waals surface area (Å²) in [6.07, 6.45) is 1.28. The molecular weight excluding hydrogens is 321 g/mol. The normalized spacial score (nSPS) is 21.7. The fraction of sp³-hybridized carbons (Fsp3) is 0.417. The van der Waals surface area contributed by atoms with Crippen LogP contribution in [-0.4, -0.2) is 33.7 Å². The first-order valence-corrected chi connectivity index (χ1v) is 9.38. The van der Waals surface area contributed by atoms with E-state index in [4.69, 9.17) is 0 Å². The van der Waals surface area contributed by atoms with Crippen LogP contribution in [0.25, 0.3) is 0 Å². The lowest BCUT2D eigenvalue weighted by Gasteiger charge is -2.21. The van der Waals surface area contributed by atoms with Gasteiger partial charge in [0.2, 0.25) is 5.91 Å². The Kier molecular flexibility index (Phi) is 4.33. The van der Waals surface area contributed by atoms with Gasteiger partial charge in [0.05, 0.1) is 11.4 Å². The fourth-order valence-corrected chi connectivity index (χ4v) is 4.67. The molecular formula is C12H14FNO5S2. The molecule has 116 valence electrons. The molecule has 1 aromatic carbocycles. The Bertz CT molecular complexity index is 758. The first-order valence-electron chi connectivity index (χ1n) is 6.28. The Morgan fingerprint density at radius 1 is 1.24 bits per heavy atom. The van der Waals surface area contributed by atoms with Crippen molar-refractivity contribution >= 4 is 31.7 Å². The van der Waals surface area contributed by atoms with Gasteiger partial charge in [0.1, 0.15) is 10.1 Å². The highest BCUT2D eigenvalue weighted by molar-refractivity contribution is 7.92. The lowest BCUT2D eigenvalue weighted by Crippen LogP contribution is -2.39. The van der Waals surface area contributed by atoms with Gasteiger partial charge < -0.3 is 5.32 Å². The van der Waals surface area contributed by atoms with Gasteiger partial charge in [-0.15, -0.1) is 3.89 Å². The zero-order valence-electron chi connectivity index (χ0n) is 11.0. The second-order valence-electron chi connectivity index (χ2n) is 4.77. The average Bonchev–Trinajstić information content (AvgIpc) is 2.37. The van der Waals surface area contributed by atoms with E-state index in [9.17, 15) is 25.5 Å². The van der Waals surface area contributed by atoms with Crippen molar-refractivity contribution in [2.24, 2.45) is 0 Å². The third-order valence-corrected chi connectivity index (χ3v) is 6.33. The highest BCUT2D eigenvalue weighted by Crippen LogP contribution is 2.25. The maximum Gasteiger partial charge on any atom is 0.334 e. The van der Waals surface area contributed by atoms with E-state index in [1.807, 2.05) is 0 Å². The monoisotopic (exact) mass is 335 g/mol. The Morgan fingerprint density at radius 2 is 1.90 bits per heavy atom. The van der Waals surface area contributed by atoms with Crippen LogP contribution >= 0.6 is 0 Å². The molecule has 1 aromatic rings. The predicted octanol–water partition coefficient (Wildman–Crippen LogP) is 1.25. The summed E-state index contributed by atoms with van der Waals surface area (Å²) >= 11 is 0. The van der Waals surface area contributed by atoms with Crippen LogP contribution in [0, 0.1) is 0 Å². The number of nitrogens with one attached hydrogen (secondary N) is 1. The van der Waals surface area contributed by atoms with Crippen LogP contribution in [0.4, 0.5) is 9.57 Å². The van der Waals surface area contributed by atoms with Crippen molar-refractivity contribution in [2.45, 2.75) is 29.4 Å². The summed E-state index contributed by atoms with van der Waals surface area (Å²) in [4.78, 5) is 11.4. The third kappa shape index (κ3) is 3.59. The van der Waals surface area contributed by atoms with E-state index in [-0.39, 0.29) is 17.9 Å². The van der Waals surface area contributed by atoms with Crippen molar-refractivity contribution in [3.63, 3.8) is 0 Å². The van der Waals surface area contributed by atoms with Crippen molar-refractivity contribution in [2.75, 3.05) is 11.1 Å². The number of sulfone groups is 1. The van der Waals surface area contributed by atoms with Crippen molar-refractivity contribution in [3.8, 4) is 0 Å². The molecule has 6 nitrogen and oxygen atoms in total. The number of anilines is 1. The van der Waals surface area contributed by atoms with Crippen molar-refractivity contribution in [1.82, 2.24) is 0 Å². The minimum Gasteiger partial charge on any atom is -0.324 e. The summed E-state index contributed by atoms with van der Waals surface area (Å²) in [6, 6.07) is 4.93. The number of benzene rings is 1. The molecule has 1 N–H and O–H groups in total. The molecule has 2 rings (SSSR count). The van der Waals surface area contributed by atoms with E-state index in [2.05, 4.69) is 5.32 Å². The topological polar surface area (TPSA) is 97.4 Å². The van der Waals surface area contributed by atoms with E-state index in [1.165, 1.54) is 18.2 Å². The zero-order chi connectivity index (χ0) is 15.7. The molecule has 1 unspecified atom stereocenters. The largest absolute Gasteiger partial charge is 0.334 e. The van der Waals surface area contributed by atoms with Crippen LogP contribution < -0.4 is 5.32 Å². The molecule has 9 heteroatoms. The number of amides is 1. The number of para-hydroxylation sites is 1. The van der Waals surface area contributed by atoms with Gasteiger partial charge in [0.25, 0.3) is 0 Å². The smallest absolute Gasteiger partial charge is 0.324 e. The molecule has 0 saturated carbocycles. The molecule has 0 radical (unpaired) electrons. The minimum atomic E-state index is -5.00. The number of carbonyl (C=O) groups excluding carboxylic acids is 1. The van der Waals surface area contributed by atoms with Gasteiger partial charge >= 0.3 is 10.2 Å². The summed E-state index contributed by atoms with van der Waals surface area (Å²) < 4.78 is 58.8. The Labute approximate surface area is 122 Å². The molecule has 0 spiro atoms. The molecule has 0 bridgehead atoms. The van der Waals surface area contributed by atoms with Gasteiger partial charge in [-0.05, 0) is 25.0 Å². The number of rotatable bonds is 3. The standard InChI is InChI=1S/C12H14FNO5S2/c13-21(18,19)10-6-2-1-5-9(10)14-12(15)11-7-3-4-8-20(11,16)17/h1-2,5-6,11H,3-4,7-8H2,(H,14,15). The second-order valence-corrected chi connectivity index (χ2v) is 8.39. The second kappa shape index (κ2) is 5.72. The summed E-state index contributed by atoms with van der Waals surface area (Å²) in [5, 5.41) is 0.984. The van der Waals surface area contributed by atoms with Crippen LogP contribution in [0.15, 0.2) is 29.2 Å². The van der Waals surface area contributed by atoms with E-state index in [0.717, 1.165) is 6.07 Å². The average molecular weight is 335 g/mol. The molecule has 0 aliphatic carbocycles. The van der Waals surface area contributed by atoms with Crippen molar-refractivity contribution < 1.29 is 25.5 Å². The van der Waals surface area contributed by atoms with Crippen LogP contribution in [-0.2, 0) is 24.9 Å². The maximum absolute atomic E-state index is 13.1. The zero-order valence-corrected chi connectivity index (χ0v) is 12.6. The van der Waals surface area contributed by atoms with E-state index in [0.29, 0.717) is 12.8 Å². The molecule has 1 atom stereocenters. The molecule has 1 amide bonds. The molecule has 0 aromatic heterocycles. The lowest BCUT2D eigenvalue weighted by atomic mass is 10.2. The van der Waals surface area contributed by atoms with Gasteiger partial charge in [-0.3, -0.25) is 4.79 Å². The quantitative estimate of drug-likeness (QED) is 0.839. The van der Waals surface area contributed by atoms with Gasteiger partial charge in [-0.2, -0.15) is 8.42 Å². The lowest BCUT2D eigenvalue weighted by molar-refractivity contribution is -0.116. The van der Waals surface area contributed by atoms with Crippen LogP contribution in [0.1, 0.15) is 19.3 Å². The third-order valence-electron chi connectivity index (χ3n) is 3.28. The van der Waals surface area contributed by atoms with Crippen LogP contribution in [0.3, 0.4) is 0 Å². The highest BCUT2D eigenvalue weighted by Gasteiger charge is 2.35. The Morgan fingerprint density at radius 3 is 2.52 bits per heavy atom. The molecule has 1 heterocycles.